The molecule has 3 rings (SSSR count). The van der Waals surface area contributed by atoms with Crippen LogP contribution >= 0.6 is 23.2 Å². The van der Waals surface area contributed by atoms with Crippen molar-refractivity contribution in [1.82, 2.24) is 9.21 Å². The topological polar surface area (TPSA) is 40.6 Å². The number of nitrogens with zero attached hydrogens (tertiary/aromatic N) is 2. The molecule has 0 atom stereocenters. The first-order valence-electron chi connectivity index (χ1n) is 8.51. The molecule has 1 fully saturated rings. The average molecular weight is 413 g/mol. The summed E-state index contributed by atoms with van der Waals surface area (Å²) in [6, 6.07) is 11.2. The number of aryl methyl sites for hydroxylation is 2. The molecule has 140 valence electrons. The Balaban J connectivity index is 1.67. The number of hydrogen-bond acceptors (Lipinski definition) is 3. The zero-order valence-corrected chi connectivity index (χ0v) is 17.2. The maximum absolute atomic E-state index is 13.0. The number of piperazine rings is 1. The first kappa shape index (κ1) is 19.6. The van der Waals surface area contributed by atoms with E-state index in [0.29, 0.717) is 41.1 Å². The van der Waals surface area contributed by atoms with Crippen molar-refractivity contribution in [3.05, 3.63) is 63.1 Å². The smallest absolute Gasteiger partial charge is 0.243 e. The van der Waals surface area contributed by atoms with E-state index in [2.05, 4.69) is 4.90 Å². The molecule has 2 aromatic rings. The third-order valence-corrected chi connectivity index (χ3v) is 7.46. The highest BCUT2D eigenvalue weighted by atomic mass is 35.5. The van der Waals surface area contributed by atoms with Gasteiger partial charge in [-0.3, -0.25) is 4.90 Å². The molecule has 1 aliphatic rings. The van der Waals surface area contributed by atoms with Gasteiger partial charge in [-0.05, 0) is 48.7 Å². The van der Waals surface area contributed by atoms with Crippen molar-refractivity contribution in [2.45, 2.75) is 25.3 Å². The van der Waals surface area contributed by atoms with Crippen LogP contribution in [0, 0.1) is 13.8 Å². The maximum atomic E-state index is 13.0. The summed E-state index contributed by atoms with van der Waals surface area (Å²) in [6.07, 6.45) is 0. The van der Waals surface area contributed by atoms with Gasteiger partial charge in [0, 0.05) is 32.7 Å². The highest BCUT2D eigenvalue weighted by molar-refractivity contribution is 7.89. The van der Waals surface area contributed by atoms with Gasteiger partial charge in [0.2, 0.25) is 10.0 Å². The van der Waals surface area contributed by atoms with Crippen molar-refractivity contribution < 1.29 is 8.42 Å². The van der Waals surface area contributed by atoms with Crippen molar-refractivity contribution in [2.24, 2.45) is 0 Å². The summed E-state index contributed by atoms with van der Waals surface area (Å²) in [5.41, 5.74) is 2.81. The molecule has 0 unspecified atom stereocenters. The van der Waals surface area contributed by atoms with Gasteiger partial charge in [-0.25, -0.2) is 8.42 Å². The molecule has 7 heteroatoms. The van der Waals surface area contributed by atoms with Crippen molar-refractivity contribution in [3.8, 4) is 0 Å². The Morgan fingerprint density at radius 3 is 2.27 bits per heavy atom. The Morgan fingerprint density at radius 2 is 1.62 bits per heavy atom. The molecule has 0 aliphatic carbocycles. The molecule has 0 spiro atoms. The lowest BCUT2D eigenvalue weighted by Crippen LogP contribution is -2.48. The van der Waals surface area contributed by atoms with E-state index in [1.807, 2.05) is 38.1 Å². The molecule has 4 nitrogen and oxygen atoms in total. The summed E-state index contributed by atoms with van der Waals surface area (Å²) in [6.45, 7) is 6.82. The van der Waals surface area contributed by atoms with Crippen molar-refractivity contribution in [3.63, 3.8) is 0 Å². The molecule has 26 heavy (non-hydrogen) atoms. The molecular formula is C19H22Cl2N2O2S. The lowest BCUT2D eigenvalue weighted by Gasteiger charge is -2.34. The molecule has 0 saturated carbocycles. The third-order valence-electron chi connectivity index (χ3n) is 4.68. The van der Waals surface area contributed by atoms with E-state index < -0.39 is 10.0 Å². The summed E-state index contributed by atoms with van der Waals surface area (Å²) < 4.78 is 27.5. The molecule has 0 aromatic heterocycles. The van der Waals surface area contributed by atoms with Gasteiger partial charge in [0.15, 0.2) is 0 Å². The average Bonchev–Trinajstić information content (AvgIpc) is 2.61. The number of halogens is 2. The minimum atomic E-state index is -3.46. The molecule has 1 heterocycles. The van der Waals surface area contributed by atoms with Gasteiger partial charge < -0.3 is 0 Å². The third kappa shape index (κ3) is 4.24. The van der Waals surface area contributed by atoms with Gasteiger partial charge in [0.1, 0.15) is 0 Å². The molecular weight excluding hydrogens is 391 g/mol. The molecule has 1 saturated heterocycles. The van der Waals surface area contributed by atoms with Crippen LogP contribution in [0.4, 0.5) is 0 Å². The fourth-order valence-corrected chi connectivity index (χ4v) is 5.20. The number of hydrogen-bond donors (Lipinski definition) is 0. The second kappa shape index (κ2) is 7.87. The first-order valence-corrected chi connectivity index (χ1v) is 10.7. The summed E-state index contributed by atoms with van der Waals surface area (Å²) in [5.74, 6) is 0. The molecule has 0 bridgehead atoms. The minimum absolute atomic E-state index is 0.412. The largest absolute Gasteiger partial charge is 0.296 e. The van der Waals surface area contributed by atoms with E-state index in [0.717, 1.165) is 23.2 Å². The van der Waals surface area contributed by atoms with Crippen LogP contribution in [0.5, 0.6) is 0 Å². The Kier molecular flexibility index (Phi) is 5.94. The molecule has 0 radical (unpaired) electrons. The van der Waals surface area contributed by atoms with E-state index in [4.69, 9.17) is 23.2 Å². The lowest BCUT2D eigenvalue weighted by atomic mass is 10.2. The standard InChI is InChI=1S/C19H22Cl2N2O2S/c1-14-3-4-15(2)19(11-14)26(24,25)23-9-7-22(8-10-23)13-16-5-6-17(20)18(21)12-16/h3-6,11-12H,7-10,13H2,1-2H3. The fourth-order valence-electron chi connectivity index (χ4n) is 3.15. The molecule has 0 amide bonds. The van der Waals surface area contributed by atoms with Gasteiger partial charge in [0.05, 0.1) is 14.9 Å². The van der Waals surface area contributed by atoms with E-state index in [9.17, 15) is 8.42 Å². The Labute approximate surface area is 165 Å². The molecule has 0 N–H and O–H groups in total. The van der Waals surface area contributed by atoms with Crippen LogP contribution in [0.1, 0.15) is 16.7 Å². The quantitative estimate of drug-likeness (QED) is 0.757. The summed E-state index contributed by atoms with van der Waals surface area (Å²) >= 11 is 12.0. The highest BCUT2D eigenvalue weighted by Gasteiger charge is 2.29. The summed E-state index contributed by atoms with van der Waals surface area (Å²) in [7, 11) is -3.46. The number of rotatable bonds is 4. The van der Waals surface area contributed by atoms with Crippen LogP contribution in [0.25, 0.3) is 0 Å². The van der Waals surface area contributed by atoms with Crippen LogP contribution in [-0.4, -0.2) is 43.8 Å². The zero-order valence-electron chi connectivity index (χ0n) is 14.9. The van der Waals surface area contributed by atoms with Crippen molar-refractivity contribution in [2.75, 3.05) is 26.2 Å². The van der Waals surface area contributed by atoms with Crippen LogP contribution in [0.3, 0.4) is 0 Å². The lowest BCUT2D eigenvalue weighted by molar-refractivity contribution is 0.181. The van der Waals surface area contributed by atoms with Crippen LogP contribution in [0.15, 0.2) is 41.3 Å². The molecule has 2 aromatic carbocycles. The minimum Gasteiger partial charge on any atom is -0.296 e. The van der Waals surface area contributed by atoms with E-state index in [1.54, 1.807) is 16.4 Å². The number of sulfonamides is 1. The predicted octanol–water partition coefficient (Wildman–Crippen LogP) is 4.12. The predicted molar refractivity (Wildman–Crippen MR) is 106 cm³/mol. The normalized spacial score (nSPS) is 16.8. The van der Waals surface area contributed by atoms with Gasteiger partial charge in [-0.1, -0.05) is 41.4 Å². The maximum Gasteiger partial charge on any atom is 0.243 e. The monoisotopic (exact) mass is 412 g/mol. The first-order chi connectivity index (χ1) is 12.3. The van der Waals surface area contributed by atoms with E-state index >= 15 is 0 Å². The Hall–Kier alpha value is -1.11. The van der Waals surface area contributed by atoms with Crippen LogP contribution in [-0.2, 0) is 16.6 Å². The van der Waals surface area contributed by atoms with Gasteiger partial charge >= 0.3 is 0 Å². The Bertz CT molecular complexity index is 908. The summed E-state index contributed by atoms with van der Waals surface area (Å²) in [5, 5.41) is 1.08. The van der Waals surface area contributed by atoms with Crippen LogP contribution in [0.2, 0.25) is 10.0 Å². The van der Waals surface area contributed by atoms with Gasteiger partial charge in [-0.15, -0.1) is 0 Å². The SMILES string of the molecule is Cc1ccc(C)c(S(=O)(=O)N2CCN(Cc3ccc(Cl)c(Cl)c3)CC2)c1. The zero-order chi connectivity index (χ0) is 18.9. The van der Waals surface area contributed by atoms with Crippen molar-refractivity contribution in [1.29, 1.82) is 0 Å². The van der Waals surface area contributed by atoms with E-state index in [1.165, 1.54) is 0 Å². The van der Waals surface area contributed by atoms with Gasteiger partial charge in [-0.2, -0.15) is 4.31 Å². The van der Waals surface area contributed by atoms with Crippen molar-refractivity contribution >= 4 is 33.2 Å². The second-order valence-electron chi connectivity index (χ2n) is 6.70. The van der Waals surface area contributed by atoms with Gasteiger partial charge in [0.25, 0.3) is 0 Å². The summed E-state index contributed by atoms with van der Waals surface area (Å²) in [4.78, 5) is 2.64. The van der Waals surface area contributed by atoms with E-state index in [-0.39, 0.29) is 0 Å². The Morgan fingerprint density at radius 1 is 0.923 bits per heavy atom. The van der Waals surface area contributed by atoms with Crippen LogP contribution < -0.4 is 0 Å². The molecule has 1 aliphatic heterocycles. The highest BCUT2D eigenvalue weighted by Crippen LogP contribution is 2.25. The fraction of sp³-hybridized carbons (Fsp3) is 0.368. The second-order valence-corrected chi connectivity index (χ2v) is 9.42. The number of benzene rings is 2.